The normalized spacial score (nSPS) is 17.4. The van der Waals surface area contributed by atoms with E-state index in [0.29, 0.717) is 6.04 Å². The van der Waals surface area contributed by atoms with E-state index in [-0.39, 0.29) is 0 Å². The zero-order chi connectivity index (χ0) is 19.2. The molecule has 0 saturated carbocycles. The molecule has 3 rings (SSSR count). The largest absolute Gasteiger partial charge is 0.368 e. The SMILES string of the molecule is CN=C(NCCCn1nc(C)cc1C)NC1CCN(c2ccccc2Br)C1. The maximum Gasteiger partial charge on any atom is 0.191 e. The van der Waals surface area contributed by atoms with Gasteiger partial charge in [-0.3, -0.25) is 9.67 Å². The zero-order valence-electron chi connectivity index (χ0n) is 16.4. The standard InChI is InChI=1S/C20H29BrN6/c1-15-13-16(2)27(25-15)11-6-10-23-20(22-3)24-17-9-12-26(14-17)19-8-5-4-7-18(19)21/h4-5,7-8,13,17H,6,9-12,14H2,1-3H3,(H2,22,23,24). The molecule has 2 aromatic rings. The van der Waals surface area contributed by atoms with E-state index in [9.17, 15) is 0 Å². The lowest BCUT2D eigenvalue weighted by atomic mass is 10.2. The molecule has 1 aromatic carbocycles. The zero-order valence-corrected chi connectivity index (χ0v) is 18.0. The van der Waals surface area contributed by atoms with Gasteiger partial charge in [0, 0.05) is 49.4 Å². The van der Waals surface area contributed by atoms with Crippen molar-refractivity contribution < 1.29 is 0 Å². The van der Waals surface area contributed by atoms with Crippen LogP contribution in [0.3, 0.4) is 0 Å². The van der Waals surface area contributed by atoms with Gasteiger partial charge in [0.05, 0.1) is 11.4 Å². The minimum Gasteiger partial charge on any atom is -0.368 e. The first-order valence-electron chi connectivity index (χ1n) is 9.54. The quantitative estimate of drug-likeness (QED) is 0.418. The summed E-state index contributed by atoms with van der Waals surface area (Å²) in [6.45, 7) is 7.96. The van der Waals surface area contributed by atoms with Gasteiger partial charge in [0.25, 0.3) is 0 Å². The molecule has 0 spiro atoms. The van der Waals surface area contributed by atoms with Crippen LogP contribution in [0.25, 0.3) is 0 Å². The van der Waals surface area contributed by atoms with Crippen molar-refractivity contribution in [1.29, 1.82) is 0 Å². The summed E-state index contributed by atoms with van der Waals surface area (Å²) in [7, 11) is 1.83. The number of nitrogens with zero attached hydrogens (tertiary/aromatic N) is 4. The molecule has 27 heavy (non-hydrogen) atoms. The van der Waals surface area contributed by atoms with Gasteiger partial charge in [-0.1, -0.05) is 12.1 Å². The molecule has 1 aliphatic rings. The summed E-state index contributed by atoms with van der Waals surface area (Å²) >= 11 is 3.65. The topological polar surface area (TPSA) is 57.5 Å². The molecular weight excluding hydrogens is 404 g/mol. The monoisotopic (exact) mass is 432 g/mol. The van der Waals surface area contributed by atoms with Crippen LogP contribution < -0.4 is 15.5 Å². The first-order valence-corrected chi connectivity index (χ1v) is 10.3. The summed E-state index contributed by atoms with van der Waals surface area (Å²) < 4.78 is 3.22. The van der Waals surface area contributed by atoms with Crippen molar-refractivity contribution in [2.45, 2.75) is 39.3 Å². The Morgan fingerprint density at radius 1 is 1.33 bits per heavy atom. The lowest BCUT2D eigenvalue weighted by Crippen LogP contribution is -2.45. The fourth-order valence-electron chi connectivity index (χ4n) is 3.53. The number of hydrogen-bond acceptors (Lipinski definition) is 3. The highest BCUT2D eigenvalue weighted by Crippen LogP contribution is 2.28. The van der Waals surface area contributed by atoms with Crippen LogP contribution in [0.2, 0.25) is 0 Å². The highest BCUT2D eigenvalue weighted by molar-refractivity contribution is 9.10. The second-order valence-corrected chi connectivity index (χ2v) is 7.88. The van der Waals surface area contributed by atoms with Crippen molar-refractivity contribution in [1.82, 2.24) is 20.4 Å². The summed E-state index contributed by atoms with van der Waals surface area (Å²) in [5.41, 5.74) is 3.55. The van der Waals surface area contributed by atoms with Crippen molar-refractivity contribution in [3.8, 4) is 0 Å². The molecular formula is C20H29BrN6. The molecule has 0 aliphatic carbocycles. The number of benzene rings is 1. The summed E-state index contributed by atoms with van der Waals surface area (Å²) in [5, 5.41) is 11.5. The summed E-state index contributed by atoms with van der Waals surface area (Å²) in [6, 6.07) is 10.9. The molecule has 7 heteroatoms. The molecule has 0 radical (unpaired) electrons. The molecule has 2 heterocycles. The van der Waals surface area contributed by atoms with E-state index < -0.39 is 0 Å². The van der Waals surface area contributed by atoms with Crippen LogP contribution in [-0.2, 0) is 6.54 Å². The summed E-state index contributed by atoms with van der Waals surface area (Å²) in [5.74, 6) is 0.877. The number of hydrogen-bond donors (Lipinski definition) is 2. The fourth-order valence-corrected chi connectivity index (χ4v) is 4.07. The van der Waals surface area contributed by atoms with Gasteiger partial charge < -0.3 is 15.5 Å². The Labute approximate surface area is 170 Å². The number of rotatable bonds is 6. The van der Waals surface area contributed by atoms with Crippen molar-refractivity contribution in [3.05, 3.63) is 46.2 Å². The number of aromatic nitrogens is 2. The van der Waals surface area contributed by atoms with Gasteiger partial charge in [-0.25, -0.2) is 0 Å². The second kappa shape index (κ2) is 9.26. The van der Waals surface area contributed by atoms with Crippen molar-refractivity contribution >= 4 is 27.6 Å². The molecule has 1 fully saturated rings. The second-order valence-electron chi connectivity index (χ2n) is 7.03. The van der Waals surface area contributed by atoms with E-state index in [0.717, 1.165) is 55.1 Å². The van der Waals surface area contributed by atoms with E-state index >= 15 is 0 Å². The maximum absolute atomic E-state index is 4.51. The fraction of sp³-hybridized carbons (Fsp3) is 0.500. The average Bonchev–Trinajstić information content (AvgIpc) is 3.24. The van der Waals surface area contributed by atoms with Gasteiger partial charge in [-0.15, -0.1) is 0 Å². The minimum atomic E-state index is 0.402. The molecule has 1 aromatic heterocycles. The number of aliphatic imine (C=N–C) groups is 1. The Bertz CT molecular complexity index is 785. The molecule has 0 amide bonds. The third-order valence-corrected chi connectivity index (χ3v) is 5.56. The smallest absolute Gasteiger partial charge is 0.191 e. The van der Waals surface area contributed by atoms with E-state index in [1.54, 1.807) is 0 Å². The van der Waals surface area contributed by atoms with Crippen molar-refractivity contribution in [2.75, 3.05) is 31.6 Å². The van der Waals surface area contributed by atoms with E-state index in [4.69, 9.17) is 0 Å². The van der Waals surface area contributed by atoms with Crippen LogP contribution in [-0.4, -0.2) is 48.5 Å². The average molecular weight is 433 g/mol. The Hall–Kier alpha value is -2.02. The molecule has 1 saturated heterocycles. The molecule has 1 atom stereocenters. The summed E-state index contributed by atoms with van der Waals surface area (Å²) in [4.78, 5) is 6.79. The predicted molar refractivity (Wildman–Crippen MR) is 116 cm³/mol. The molecule has 6 nitrogen and oxygen atoms in total. The lowest BCUT2D eigenvalue weighted by molar-refractivity contribution is 0.552. The number of nitrogens with one attached hydrogen (secondary N) is 2. The molecule has 1 unspecified atom stereocenters. The van der Waals surface area contributed by atoms with Gasteiger partial charge in [0.15, 0.2) is 5.96 Å². The van der Waals surface area contributed by atoms with Crippen LogP contribution in [0.15, 0.2) is 39.8 Å². The van der Waals surface area contributed by atoms with Gasteiger partial charge in [0.1, 0.15) is 0 Å². The van der Waals surface area contributed by atoms with Crippen molar-refractivity contribution in [2.24, 2.45) is 4.99 Å². The number of guanidine groups is 1. The van der Waals surface area contributed by atoms with Gasteiger partial charge in [-0.2, -0.15) is 5.10 Å². The number of anilines is 1. The molecule has 146 valence electrons. The number of halogens is 1. The van der Waals surface area contributed by atoms with Gasteiger partial charge in [-0.05, 0) is 60.8 Å². The van der Waals surface area contributed by atoms with Gasteiger partial charge >= 0.3 is 0 Å². The van der Waals surface area contributed by atoms with Crippen LogP contribution in [0.1, 0.15) is 24.2 Å². The molecule has 0 bridgehead atoms. The van der Waals surface area contributed by atoms with E-state index in [2.05, 4.69) is 83.5 Å². The third-order valence-electron chi connectivity index (χ3n) is 4.89. The van der Waals surface area contributed by atoms with Crippen LogP contribution >= 0.6 is 15.9 Å². The first-order chi connectivity index (χ1) is 13.1. The van der Waals surface area contributed by atoms with E-state index in [1.165, 1.54) is 11.4 Å². The van der Waals surface area contributed by atoms with Crippen molar-refractivity contribution in [3.63, 3.8) is 0 Å². The molecule has 2 N–H and O–H groups in total. The van der Waals surface area contributed by atoms with Crippen LogP contribution in [0, 0.1) is 13.8 Å². The highest BCUT2D eigenvalue weighted by Gasteiger charge is 2.24. The third kappa shape index (κ3) is 5.25. The van der Waals surface area contributed by atoms with E-state index in [1.807, 2.05) is 14.0 Å². The highest BCUT2D eigenvalue weighted by atomic mass is 79.9. The Kier molecular flexibility index (Phi) is 6.77. The number of aryl methyl sites for hydroxylation is 3. The summed E-state index contributed by atoms with van der Waals surface area (Å²) in [6.07, 6.45) is 2.12. The predicted octanol–water partition coefficient (Wildman–Crippen LogP) is 3.10. The minimum absolute atomic E-state index is 0.402. The Morgan fingerprint density at radius 2 is 2.15 bits per heavy atom. The number of para-hydroxylation sites is 1. The maximum atomic E-state index is 4.51. The van der Waals surface area contributed by atoms with Crippen LogP contribution in [0.4, 0.5) is 5.69 Å². The first kappa shape index (κ1) is 19.7. The Balaban J connectivity index is 1.43. The molecule has 1 aliphatic heterocycles. The Morgan fingerprint density at radius 3 is 2.85 bits per heavy atom. The van der Waals surface area contributed by atoms with Gasteiger partial charge in [0.2, 0.25) is 0 Å². The lowest BCUT2D eigenvalue weighted by Gasteiger charge is -2.21. The van der Waals surface area contributed by atoms with Crippen LogP contribution in [0.5, 0.6) is 0 Å².